The predicted octanol–water partition coefficient (Wildman–Crippen LogP) is 3.40. The number of ether oxygens (including phenoxy) is 2. The summed E-state index contributed by atoms with van der Waals surface area (Å²) < 4.78 is 50.2. The lowest BCUT2D eigenvalue weighted by Crippen LogP contribution is -2.47. The summed E-state index contributed by atoms with van der Waals surface area (Å²) in [6, 6.07) is 4.39. The van der Waals surface area contributed by atoms with Crippen LogP contribution in [0, 0.1) is 5.92 Å². The summed E-state index contributed by atoms with van der Waals surface area (Å²) in [4.78, 5) is 27.7. The fourth-order valence-electron chi connectivity index (χ4n) is 3.71. The smallest absolute Gasteiger partial charge is 0.390 e. The Kier molecular flexibility index (Phi) is 8.91. The molecule has 0 bridgehead atoms. The third-order valence-electron chi connectivity index (χ3n) is 5.58. The van der Waals surface area contributed by atoms with E-state index in [0.29, 0.717) is 17.8 Å². The van der Waals surface area contributed by atoms with Crippen molar-refractivity contribution in [3.63, 3.8) is 0 Å². The molecular weight excluding hydrogens is 427 g/mol. The van der Waals surface area contributed by atoms with Crippen LogP contribution in [0.5, 0.6) is 5.75 Å². The molecule has 0 radical (unpaired) electrons. The topological polar surface area (TPSA) is 71.1 Å². The Balaban J connectivity index is 2.39. The number of alkyl halides is 3. The molecule has 10 heteroatoms. The third-order valence-corrected chi connectivity index (χ3v) is 5.58. The maximum Gasteiger partial charge on any atom is 0.390 e. The number of hydrogen-bond donors (Lipinski definition) is 1. The van der Waals surface area contributed by atoms with Crippen LogP contribution in [0.25, 0.3) is 0 Å². The zero-order chi connectivity index (χ0) is 24.1. The molecule has 0 aromatic heterocycles. The molecule has 1 aliphatic heterocycles. The van der Waals surface area contributed by atoms with E-state index in [2.05, 4.69) is 5.32 Å². The molecule has 180 valence electrons. The summed E-state index contributed by atoms with van der Waals surface area (Å²) in [5.74, 6) is -0.402. The van der Waals surface area contributed by atoms with Gasteiger partial charge in [0.15, 0.2) is 0 Å². The van der Waals surface area contributed by atoms with Crippen LogP contribution >= 0.6 is 0 Å². The summed E-state index contributed by atoms with van der Waals surface area (Å²) in [6.07, 6.45) is -5.55. The first-order valence-electron chi connectivity index (χ1n) is 10.5. The lowest BCUT2D eigenvalue weighted by Gasteiger charge is -2.36. The number of carbonyl (C=O) groups is 2. The van der Waals surface area contributed by atoms with E-state index < -0.39 is 12.6 Å². The molecule has 1 aliphatic rings. The Hall–Kier alpha value is -2.33. The van der Waals surface area contributed by atoms with E-state index in [0.717, 1.165) is 0 Å². The van der Waals surface area contributed by atoms with Crippen LogP contribution < -0.4 is 10.1 Å². The van der Waals surface area contributed by atoms with Crippen LogP contribution in [-0.4, -0.2) is 80.3 Å². The molecule has 0 spiro atoms. The average molecular weight is 460 g/mol. The minimum atomic E-state index is -4.26. The van der Waals surface area contributed by atoms with Gasteiger partial charge in [-0.3, -0.25) is 14.5 Å². The van der Waals surface area contributed by atoms with Gasteiger partial charge >= 0.3 is 6.18 Å². The number of anilines is 1. The van der Waals surface area contributed by atoms with Gasteiger partial charge in [-0.05, 0) is 25.0 Å². The molecule has 3 atom stereocenters. The van der Waals surface area contributed by atoms with Crippen molar-refractivity contribution in [2.45, 2.75) is 45.5 Å². The quantitative estimate of drug-likeness (QED) is 0.747. The molecule has 32 heavy (non-hydrogen) atoms. The molecule has 2 amide bonds. The highest BCUT2D eigenvalue weighted by Crippen LogP contribution is 2.27. The Morgan fingerprint density at radius 2 is 1.97 bits per heavy atom. The summed E-state index contributed by atoms with van der Waals surface area (Å²) in [5, 5.41) is 2.65. The van der Waals surface area contributed by atoms with E-state index in [4.69, 9.17) is 9.47 Å². The van der Waals surface area contributed by atoms with Crippen molar-refractivity contribution in [3.8, 4) is 5.75 Å². The highest BCUT2D eigenvalue weighted by Gasteiger charge is 2.32. The Labute approximate surface area is 186 Å². The van der Waals surface area contributed by atoms with Gasteiger partial charge in [0.25, 0.3) is 5.91 Å². The highest BCUT2D eigenvalue weighted by molar-refractivity contribution is 5.98. The van der Waals surface area contributed by atoms with Crippen molar-refractivity contribution in [2.75, 3.05) is 45.7 Å². The lowest BCUT2D eigenvalue weighted by molar-refractivity contribution is -0.140. The van der Waals surface area contributed by atoms with Gasteiger partial charge in [-0.1, -0.05) is 6.92 Å². The van der Waals surface area contributed by atoms with Crippen LogP contribution in [0.1, 0.15) is 37.6 Å². The maximum atomic E-state index is 13.1. The molecule has 0 unspecified atom stereocenters. The second kappa shape index (κ2) is 11.0. The van der Waals surface area contributed by atoms with Crippen LogP contribution in [-0.2, 0) is 9.53 Å². The Morgan fingerprint density at radius 1 is 1.28 bits per heavy atom. The number of fused-ring (bicyclic) bond motifs is 1. The number of nitrogens with zero attached hydrogens (tertiary/aromatic N) is 2. The summed E-state index contributed by atoms with van der Waals surface area (Å²) >= 11 is 0. The predicted molar refractivity (Wildman–Crippen MR) is 115 cm³/mol. The fourth-order valence-corrected chi connectivity index (χ4v) is 3.71. The normalized spacial score (nSPS) is 23.6. The molecule has 1 aromatic carbocycles. The summed E-state index contributed by atoms with van der Waals surface area (Å²) in [5.41, 5.74) is 0.766. The van der Waals surface area contributed by atoms with Crippen LogP contribution in [0.2, 0.25) is 0 Å². The van der Waals surface area contributed by atoms with Crippen LogP contribution in [0.15, 0.2) is 18.2 Å². The van der Waals surface area contributed by atoms with Gasteiger partial charge in [0.05, 0.1) is 18.1 Å². The SMILES string of the molecule is CO[C@H]1CN(C)C(=O)c2ccc(NC(C)=O)cc2OC[C@@H](C)N(CCC(F)(F)F)C[C@H]1C. The van der Waals surface area contributed by atoms with Gasteiger partial charge < -0.3 is 19.7 Å². The number of benzene rings is 1. The maximum absolute atomic E-state index is 13.1. The third kappa shape index (κ3) is 7.37. The van der Waals surface area contributed by atoms with Crippen LogP contribution in [0.3, 0.4) is 0 Å². The van der Waals surface area contributed by atoms with Crippen molar-refractivity contribution >= 4 is 17.5 Å². The zero-order valence-electron chi connectivity index (χ0n) is 19.2. The minimum absolute atomic E-state index is 0.0791. The van der Waals surface area contributed by atoms with Gasteiger partial charge in [-0.2, -0.15) is 13.2 Å². The van der Waals surface area contributed by atoms with Gasteiger partial charge in [-0.25, -0.2) is 0 Å². The second-order valence-corrected chi connectivity index (χ2v) is 8.35. The molecule has 0 saturated carbocycles. The first-order valence-corrected chi connectivity index (χ1v) is 10.5. The van der Waals surface area contributed by atoms with E-state index in [1.807, 2.05) is 6.92 Å². The fraction of sp³-hybridized carbons (Fsp3) is 0.636. The molecule has 0 aliphatic carbocycles. The molecule has 0 saturated heterocycles. The molecule has 2 rings (SSSR count). The Bertz CT molecular complexity index is 803. The monoisotopic (exact) mass is 459 g/mol. The number of likely N-dealkylation sites (N-methyl/N-ethyl adjacent to an activating group) is 1. The summed E-state index contributed by atoms with van der Waals surface area (Å²) in [7, 11) is 3.17. The number of amides is 2. The van der Waals surface area contributed by atoms with Gasteiger partial charge in [0, 0.05) is 58.5 Å². The molecule has 1 heterocycles. The molecule has 0 fully saturated rings. The number of nitrogens with one attached hydrogen (secondary N) is 1. The molecular formula is C22H32F3N3O4. The number of halogens is 3. The van der Waals surface area contributed by atoms with Crippen molar-refractivity contribution in [2.24, 2.45) is 5.92 Å². The standard InChI is InChI=1S/C22H32F3N3O4/c1-14-11-28(9-8-22(23,24)25)15(2)13-32-19-10-17(26-16(3)29)6-7-18(19)21(30)27(4)12-20(14)31-5/h6-7,10,14-15,20H,8-9,11-13H2,1-5H3,(H,26,29)/t14-,15-,20+/m1/s1. The first-order chi connectivity index (χ1) is 14.9. The van der Waals surface area contributed by atoms with Crippen molar-refractivity contribution < 1.29 is 32.2 Å². The van der Waals surface area contributed by atoms with Gasteiger partial charge in [-0.15, -0.1) is 0 Å². The Morgan fingerprint density at radius 3 is 2.56 bits per heavy atom. The van der Waals surface area contributed by atoms with Crippen molar-refractivity contribution in [3.05, 3.63) is 23.8 Å². The van der Waals surface area contributed by atoms with Gasteiger partial charge in [0.1, 0.15) is 12.4 Å². The van der Waals surface area contributed by atoms with E-state index in [-0.39, 0.29) is 55.3 Å². The number of rotatable bonds is 4. The molecule has 1 N–H and O–H groups in total. The molecule has 1 aromatic rings. The van der Waals surface area contributed by atoms with E-state index in [1.54, 1.807) is 37.1 Å². The lowest BCUT2D eigenvalue weighted by atomic mass is 10.0. The van der Waals surface area contributed by atoms with Gasteiger partial charge in [0.2, 0.25) is 5.91 Å². The van der Waals surface area contributed by atoms with Crippen LogP contribution in [0.4, 0.5) is 18.9 Å². The van der Waals surface area contributed by atoms with E-state index in [1.165, 1.54) is 18.9 Å². The minimum Gasteiger partial charge on any atom is -0.491 e. The first kappa shape index (κ1) is 25.9. The average Bonchev–Trinajstić information content (AvgIpc) is 2.70. The zero-order valence-corrected chi connectivity index (χ0v) is 19.2. The largest absolute Gasteiger partial charge is 0.491 e. The van der Waals surface area contributed by atoms with E-state index >= 15 is 0 Å². The molecule has 7 nitrogen and oxygen atoms in total. The number of hydrogen-bond acceptors (Lipinski definition) is 5. The highest BCUT2D eigenvalue weighted by atomic mass is 19.4. The van der Waals surface area contributed by atoms with Crippen molar-refractivity contribution in [1.82, 2.24) is 9.80 Å². The summed E-state index contributed by atoms with van der Waals surface area (Å²) in [6.45, 7) is 5.61. The second-order valence-electron chi connectivity index (χ2n) is 8.35. The van der Waals surface area contributed by atoms with E-state index in [9.17, 15) is 22.8 Å². The number of carbonyl (C=O) groups excluding carboxylic acids is 2. The van der Waals surface area contributed by atoms with Crippen molar-refractivity contribution in [1.29, 1.82) is 0 Å². The number of methoxy groups -OCH3 is 1.